The molecule has 0 radical (unpaired) electrons. The minimum absolute atomic E-state index is 0.0942. The molecule has 4 N–H and O–H groups in total. The SMILES string of the molecule is CCCCCCCCOCC1O[C@H](O)C(O)[C@@H](O)[C@@H]1O. The van der Waals surface area contributed by atoms with Gasteiger partial charge in [0.15, 0.2) is 6.29 Å². The van der Waals surface area contributed by atoms with Gasteiger partial charge in [-0.1, -0.05) is 39.0 Å². The Labute approximate surface area is 120 Å². The summed E-state index contributed by atoms with van der Waals surface area (Å²) in [6, 6.07) is 0. The zero-order chi connectivity index (χ0) is 15.0. The van der Waals surface area contributed by atoms with E-state index in [0.29, 0.717) is 6.61 Å². The number of ether oxygens (including phenoxy) is 2. The first kappa shape index (κ1) is 17.8. The number of aliphatic hydroxyl groups excluding tert-OH is 4. The van der Waals surface area contributed by atoms with Gasteiger partial charge in [-0.05, 0) is 6.42 Å². The number of aliphatic hydroxyl groups is 4. The third kappa shape index (κ3) is 5.63. The van der Waals surface area contributed by atoms with Crippen LogP contribution >= 0.6 is 0 Å². The lowest BCUT2D eigenvalue weighted by atomic mass is 9.99. The number of rotatable bonds is 9. The van der Waals surface area contributed by atoms with Crippen molar-refractivity contribution in [3.05, 3.63) is 0 Å². The first-order valence-corrected chi connectivity index (χ1v) is 7.53. The summed E-state index contributed by atoms with van der Waals surface area (Å²) in [6.07, 6.45) is 0.530. The van der Waals surface area contributed by atoms with E-state index >= 15 is 0 Å². The van der Waals surface area contributed by atoms with Crippen molar-refractivity contribution in [2.75, 3.05) is 13.2 Å². The number of hydrogen-bond donors (Lipinski definition) is 4. The Bertz CT molecular complexity index is 250. The Morgan fingerprint density at radius 2 is 1.50 bits per heavy atom. The van der Waals surface area contributed by atoms with E-state index in [-0.39, 0.29) is 6.61 Å². The molecule has 0 saturated carbocycles. The summed E-state index contributed by atoms with van der Waals surface area (Å²) >= 11 is 0. The van der Waals surface area contributed by atoms with Crippen LogP contribution in [0, 0.1) is 0 Å². The Hall–Kier alpha value is -0.240. The van der Waals surface area contributed by atoms with Crippen LogP contribution in [0.4, 0.5) is 0 Å². The maximum Gasteiger partial charge on any atom is 0.184 e. The van der Waals surface area contributed by atoms with Gasteiger partial charge in [0.1, 0.15) is 24.4 Å². The Kier molecular flexibility index (Phi) is 8.60. The fourth-order valence-corrected chi connectivity index (χ4v) is 2.25. The third-order valence-corrected chi connectivity index (χ3v) is 3.61. The fourth-order valence-electron chi connectivity index (χ4n) is 2.25. The monoisotopic (exact) mass is 292 g/mol. The Morgan fingerprint density at radius 3 is 2.20 bits per heavy atom. The summed E-state index contributed by atoms with van der Waals surface area (Å²) < 4.78 is 10.4. The zero-order valence-corrected chi connectivity index (χ0v) is 12.1. The molecular weight excluding hydrogens is 264 g/mol. The first-order valence-electron chi connectivity index (χ1n) is 7.53. The molecule has 0 aliphatic carbocycles. The van der Waals surface area contributed by atoms with Gasteiger partial charge in [0.2, 0.25) is 0 Å². The van der Waals surface area contributed by atoms with Crippen molar-refractivity contribution < 1.29 is 29.9 Å². The molecule has 1 aliphatic rings. The molecular formula is C14H28O6. The lowest BCUT2D eigenvalue weighted by Gasteiger charge is -2.38. The van der Waals surface area contributed by atoms with Crippen molar-refractivity contribution >= 4 is 0 Å². The molecule has 1 heterocycles. The van der Waals surface area contributed by atoms with Gasteiger partial charge in [-0.3, -0.25) is 0 Å². The van der Waals surface area contributed by atoms with Crippen LogP contribution in [-0.4, -0.2) is 64.3 Å². The lowest BCUT2D eigenvalue weighted by Crippen LogP contribution is -2.58. The predicted octanol–water partition coefficient (Wildman–Crippen LogP) is 0.163. The van der Waals surface area contributed by atoms with Crippen molar-refractivity contribution in [3.8, 4) is 0 Å². The molecule has 0 aromatic rings. The van der Waals surface area contributed by atoms with Gasteiger partial charge in [0, 0.05) is 6.61 Å². The molecule has 5 atom stereocenters. The molecule has 6 nitrogen and oxygen atoms in total. The minimum atomic E-state index is -1.49. The van der Waals surface area contributed by atoms with Gasteiger partial charge in [-0.15, -0.1) is 0 Å². The molecule has 0 aromatic heterocycles. The number of hydrogen-bond acceptors (Lipinski definition) is 6. The zero-order valence-electron chi connectivity index (χ0n) is 12.1. The summed E-state index contributed by atoms with van der Waals surface area (Å²) in [5, 5.41) is 37.9. The van der Waals surface area contributed by atoms with E-state index < -0.39 is 30.7 Å². The van der Waals surface area contributed by atoms with Gasteiger partial charge in [0.25, 0.3) is 0 Å². The van der Waals surface area contributed by atoms with Gasteiger partial charge >= 0.3 is 0 Å². The molecule has 20 heavy (non-hydrogen) atoms. The van der Waals surface area contributed by atoms with E-state index in [1.165, 1.54) is 25.7 Å². The van der Waals surface area contributed by atoms with E-state index in [1.807, 2.05) is 0 Å². The molecule has 1 saturated heterocycles. The van der Waals surface area contributed by atoms with Gasteiger partial charge < -0.3 is 29.9 Å². The topological polar surface area (TPSA) is 99.4 Å². The van der Waals surface area contributed by atoms with Crippen LogP contribution in [-0.2, 0) is 9.47 Å². The van der Waals surface area contributed by atoms with Crippen molar-refractivity contribution in [3.63, 3.8) is 0 Å². The van der Waals surface area contributed by atoms with E-state index in [1.54, 1.807) is 0 Å². The maximum absolute atomic E-state index is 9.70. The maximum atomic E-state index is 9.70. The summed E-state index contributed by atoms with van der Waals surface area (Å²) in [6.45, 7) is 2.84. The Balaban J connectivity index is 2.09. The molecule has 0 spiro atoms. The van der Waals surface area contributed by atoms with Gasteiger partial charge in [0.05, 0.1) is 6.61 Å². The van der Waals surface area contributed by atoms with Crippen LogP contribution in [0.5, 0.6) is 0 Å². The first-order chi connectivity index (χ1) is 9.57. The molecule has 1 aliphatic heterocycles. The highest BCUT2D eigenvalue weighted by Crippen LogP contribution is 2.20. The van der Waals surface area contributed by atoms with Crippen LogP contribution < -0.4 is 0 Å². The summed E-state index contributed by atoms with van der Waals surface area (Å²) in [4.78, 5) is 0. The highest BCUT2D eigenvalue weighted by Gasteiger charge is 2.42. The van der Waals surface area contributed by atoms with Crippen molar-refractivity contribution in [1.82, 2.24) is 0 Å². The van der Waals surface area contributed by atoms with Crippen LogP contribution in [0.1, 0.15) is 45.4 Å². The average molecular weight is 292 g/mol. The largest absolute Gasteiger partial charge is 0.387 e. The average Bonchev–Trinajstić information content (AvgIpc) is 2.44. The molecule has 2 unspecified atom stereocenters. The van der Waals surface area contributed by atoms with Gasteiger partial charge in [-0.25, -0.2) is 0 Å². The molecule has 6 heteroatoms. The van der Waals surface area contributed by atoms with Crippen LogP contribution in [0.25, 0.3) is 0 Å². The van der Waals surface area contributed by atoms with Crippen molar-refractivity contribution in [1.29, 1.82) is 0 Å². The molecule has 0 aromatic carbocycles. The highest BCUT2D eigenvalue weighted by atomic mass is 16.6. The second-order valence-electron chi connectivity index (χ2n) is 5.38. The second kappa shape index (κ2) is 9.65. The summed E-state index contributed by atoms with van der Waals surface area (Å²) in [7, 11) is 0. The standard InChI is InChI=1S/C14H28O6/c1-2-3-4-5-6-7-8-19-9-10-11(15)12(16)13(17)14(18)20-10/h10-18H,2-9H2,1H3/t10?,11-,12+,13?,14+/m1/s1. The van der Waals surface area contributed by atoms with E-state index in [0.717, 1.165) is 12.8 Å². The van der Waals surface area contributed by atoms with Crippen molar-refractivity contribution in [2.45, 2.75) is 76.2 Å². The quantitative estimate of drug-likeness (QED) is 0.452. The predicted molar refractivity (Wildman–Crippen MR) is 73.1 cm³/mol. The normalized spacial score (nSPS) is 34.4. The van der Waals surface area contributed by atoms with E-state index in [2.05, 4.69) is 6.92 Å². The molecule has 0 bridgehead atoms. The summed E-state index contributed by atoms with van der Waals surface area (Å²) in [5.41, 5.74) is 0. The van der Waals surface area contributed by atoms with Crippen molar-refractivity contribution in [2.24, 2.45) is 0 Å². The second-order valence-corrected chi connectivity index (χ2v) is 5.38. The van der Waals surface area contributed by atoms with Crippen LogP contribution in [0.2, 0.25) is 0 Å². The minimum Gasteiger partial charge on any atom is -0.387 e. The molecule has 1 fully saturated rings. The number of unbranched alkanes of at least 4 members (excludes halogenated alkanes) is 5. The Morgan fingerprint density at radius 1 is 0.850 bits per heavy atom. The summed E-state index contributed by atoms with van der Waals surface area (Å²) in [5.74, 6) is 0. The van der Waals surface area contributed by atoms with Crippen LogP contribution in [0.15, 0.2) is 0 Å². The van der Waals surface area contributed by atoms with Gasteiger partial charge in [-0.2, -0.15) is 0 Å². The lowest BCUT2D eigenvalue weighted by molar-refractivity contribution is -0.288. The van der Waals surface area contributed by atoms with E-state index in [4.69, 9.17) is 9.47 Å². The third-order valence-electron chi connectivity index (χ3n) is 3.61. The fraction of sp³-hybridized carbons (Fsp3) is 1.00. The highest BCUT2D eigenvalue weighted by molar-refractivity contribution is 4.88. The molecule has 1 rings (SSSR count). The molecule has 120 valence electrons. The van der Waals surface area contributed by atoms with Crippen LogP contribution in [0.3, 0.4) is 0 Å². The van der Waals surface area contributed by atoms with E-state index in [9.17, 15) is 20.4 Å². The smallest absolute Gasteiger partial charge is 0.184 e. The molecule has 0 amide bonds.